The highest BCUT2D eigenvalue weighted by Crippen LogP contribution is 2.26. The number of benzene rings is 1. The van der Waals surface area contributed by atoms with Gasteiger partial charge in [-0.15, -0.1) is 12.4 Å². The number of amides is 1. The summed E-state index contributed by atoms with van der Waals surface area (Å²) < 4.78 is 5.75. The molecule has 0 aliphatic carbocycles. The molecule has 1 aromatic carbocycles. The summed E-state index contributed by atoms with van der Waals surface area (Å²) in [4.78, 5) is 14.3. The number of rotatable bonds is 3. The van der Waals surface area contributed by atoms with E-state index in [1.807, 2.05) is 30.9 Å². The molecular formula is C15H22Cl2N2O2. The second-order valence-electron chi connectivity index (χ2n) is 5.28. The van der Waals surface area contributed by atoms with Crippen molar-refractivity contribution in [3.63, 3.8) is 0 Å². The summed E-state index contributed by atoms with van der Waals surface area (Å²) in [6.07, 6.45) is -0.533. The Morgan fingerprint density at radius 1 is 1.52 bits per heavy atom. The minimum absolute atomic E-state index is 0. The first kappa shape index (κ1) is 18.1. The number of carbonyl (C=O) groups excluding carboxylic acids is 1. The third kappa shape index (κ3) is 4.50. The maximum Gasteiger partial charge on any atom is 0.263 e. The Morgan fingerprint density at radius 3 is 2.90 bits per heavy atom. The van der Waals surface area contributed by atoms with E-state index in [0.717, 1.165) is 25.2 Å². The summed E-state index contributed by atoms with van der Waals surface area (Å²) in [5, 5.41) is 3.80. The topological polar surface area (TPSA) is 41.6 Å². The van der Waals surface area contributed by atoms with Crippen molar-refractivity contribution in [3.8, 4) is 5.75 Å². The van der Waals surface area contributed by atoms with E-state index in [4.69, 9.17) is 16.3 Å². The second kappa shape index (κ2) is 7.87. The van der Waals surface area contributed by atoms with E-state index >= 15 is 0 Å². The largest absolute Gasteiger partial charge is 0.479 e. The van der Waals surface area contributed by atoms with Crippen LogP contribution in [0.3, 0.4) is 0 Å². The first-order valence-electron chi connectivity index (χ1n) is 6.93. The van der Waals surface area contributed by atoms with E-state index < -0.39 is 6.10 Å². The normalized spacial score (nSPS) is 19.6. The van der Waals surface area contributed by atoms with Crippen LogP contribution in [0.25, 0.3) is 0 Å². The summed E-state index contributed by atoms with van der Waals surface area (Å²) in [6, 6.07) is 5.75. The van der Waals surface area contributed by atoms with Crippen molar-refractivity contribution < 1.29 is 9.53 Å². The van der Waals surface area contributed by atoms with Gasteiger partial charge in [0, 0.05) is 25.7 Å². The summed E-state index contributed by atoms with van der Waals surface area (Å²) >= 11 is 6.10. The molecule has 0 bridgehead atoms. The lowest BCUT2D eigenvalue weighted by atomic mass is 10.2. The number of nitrogens with zero attached hydrogens (tertiary/aromatic N) is 1. The number of aryl methyl sites for hydroxylation is 1. The van der Waals surface area contributed by atoms with Crippen LogP contribution in [-0.4, -0.2) is 42.6 Å². The van der Waals surface area contributed by atoms with E-state index in [9.17, 15) is 4.79 Å². The SMILES string of the molecule is Cc1ccc(Cl)c(OC(C)C(=O)N2CCNC[C@@H]2C)c1.Cl. The molecule has 6 heteroatoms. The van der Waals surface area contributed by atoms with Gasteiger partial charge < -0.3 is 15.0 Å². The van der Waals surface area contributed by atoms with Crippen LogP contribution in [0, 0.1) is 6.92 Å². The quantitative estimate of drug-likeness (QED) is 0.925. The summed E-state index contributed by atoms with van der Waals surface area (Å²) in [6.45, 7) is 8.15. The number of nitrogens with one attached hydrogen (secondary N) is 1. The van der Waals surface area contributed by atoms with E-state index in [1.165, 1.54) is 0 Å². The zero-order valence-electron chi connectivity index (χ0n) is 12.6. The lowest BCUT2D eigenvalue weighted by molar-refractivity contribution is -0.140. The highest BCUT2D eigenvalue weighted by atomic mass is 35.5. The molecule has 118 valence electrons. The molecule has 1 aliphatic rings. The molecule has 4 nitrogen and oxygen atoms in total. The summed E-state index contributed by atoms with van der Waals surface area (Å²) in [5.41, 5.74) is 1.06. The van der Waals surface area contributed by atoms with Crippen LogP contribution in [0.2, 0.25) is 5.02 Å². The number of hydrogen-bond acceptors (Lipinski definition) is 3. The molecule has 1 aliphatic heterocycles. The minimum Gasteiger partial charge on any atom is -0.479 e. The van der Waals surface area contributed by atoms with Gasteiger partial charge in [-0.3, -0.25) is 4.79 Å². The molecule has 0 radical (unpaired) electrons. The van der Waals surface area contributed by atoms with Crippen molar-refractivity contribution in [2.75, 3.05) is 19.6 Å². The van der Waals surface area contributed by atoms with Crippen LogP contribution in [0.4, 0.5) is 0 Å². The van der Waals surface area contributed by atoms with Gasteiger partial charge in [0.15, 0.2) is 6.10 Å². The monoisotopic (exact) mass is 332 g/mol. The fourth-order valence-electron chi connectivity index (χ4n) is 2.34. The van der Waals surface area contributed by atoms with Crippen molar-refractivity contribution >= 4 is 29.9 Å². The number of carbonyl (C=O) groups is 1. The number of piperazine rings is 1. The molecule has 1 N–H and O–H groups in total. The van der Waals surface area contributed by atoms with Gasteiger partial charge in [-0.05, 0) is 38.5 Å². The smallest absolute Gasteiger partial charge is 0.263 e. The Labute approximate surface area is 137 Å². The van der Waals surface area contributed by atoms with Crippen LogP contribution in [0.15, 0.2) is 18.2 Å². The molecule has 1 unspecified atom stereocenters. The molecule has 0 spiro atoms. The highest BCUT2D eigenvalue weighted by molar-refractivity contribution is 6.32. The van der Waals surface area contributed by atoms with E-state index in [1.54, 1.807) is 13.0 Å². The van der Waals surface area contributed by atoms with Crippen LogP contribution < -0.4 is 10.1 Å². The maximum absolute atomic E-state index is 12.4. The predicted molar refractivity (Wildman–Crippen MR) is 87.6 cm³/mol. The summed E-state index contributed by atoms with van der Waals surface area (Å²) in [7, 11) is 0. The first-order valence-corrected chi connectivity index (χ1v) is 7.31. The molecule has 2 rings (SSSR count). The second-order valence-corrected chi connectivity index (χ2v) is 5.69. The standard InChI is InChI=1S/C15H21ClN2O2.ClH/c1-10-4-5-13(16)14(8-10)20-12(3)15(19)18-7-6-17-9-11(18)2;/h4-5,8,11-12,17H,6-7,9H2,1-3H3;1H/t11-,12?;/m0./s1. The van der Waals surface area contributed by atoms with Crippen molar-refractivity contribution in [3.05, 3.63) is 28.8 Å². The van der Waals surface area contributed by atoms with Gasteiger partial charge in [-0.2, -0.15) is 0 Å². The van der Waals surface area contributed by atoms with Crippen LogP contribution in [0.5, 0.6) is 5.75 Å². The highest BCUT2D eigenvalue weighted by Gasteiger charge is 2.28. The van der Waals surface area contributed by atoms with Crippen molar-refractivity contribution in [2.24, 2.45) is 0 Å². The molecule has 1 fully saturated rings. The Hall–Kier alpha value is -0.970. The fraction of sp³-hybridized carbons (Fsp3) is 0.533. The lowest BCUT2D eigenvalue weighted by Gasteiger charge is -2.35. The molecule has 21 heavy (non-hydrogen) atoms. The molecule has 1 saturated heterocycles. The van der Waals surface area contributed by atoms with Gasteiger partial charge in [0.2, 0.25) is 0 Å². The van der Waals surface area contributed by atoms with Crippen molar-refractivity contribution in [1.82, 2.24) is 10.2 Å². The summed E-state index contributed by atoms with van der Waals surface area (Å²) in [5.74, 6) is 0.576. The number of hydrogen-bond donors (Lipinski definition) is 1. The molecule has 1 heterocycles. The van der Waals surface area contributed by atoms with E-state index in [0.29, 0.717) is 10.8 Å². The van der Waals surface area contributed by atoms with Crippen LogP contribution >= 0.6 is 24.0 Å². The van der Waals surface area contributed by atoms with Crippen LogP contribution in [0.1, 0.15) is 19.4 Å². The van der Waals surface area contributed by atoms with E-state index in [2.05, 4.69) is 5.32 Å². The zero-order chi connectivity index (χ0) is 14.7. The van der Waals surface area contributed by atoms with Gasteiger partial charge in [-0.25, -0.2) is 0 Å². The van der Waals surface area contributed by atoms with Crippen molar-refractivity contribution in [1.29, 1.82) is 0 Å². The number of halogens is 2. The van der Waals surface area contributed by atoms with Gasteiger partial charge in [0.25, 0.3) is 5.91 Å². The Bertz CT molecular complexity index is 497. The maximum atomic E-state index is 12.4. The first-order chi connectivity index (χ1) is 9.49. The zero-order valence-corrected chi connectivity index (χ0v) is 14.1. The fourth-order valence-corrected chi connectivity index (χ4v) is 2.51. The molecule has 2 atom stereocenters. The van der Waals surface area contributed by atoms with Gasteiger partial charge >= 0.3 is 0 Å². The lowest BCUT2D eigenvalue weighted by Crippen LogP contribution is -2.55. The van der Waals surface area contributed by atoms with E-state index in [-0.39, 0.29) is 24.4 Å². The number of ether oxygens (including phenoxy) is 1. The molecule has 1 amide bonds. The minimum atomic E-state index is -0.533. The average Bonchev–Trinajstić information content (AvgIpc) is 2.42. The molecular weight excluding hydrogens is 311 g/mol. The Balaban J connectivity index is 0.00000220. The Kier molecular flexibility index (Phi) is 6.78. The Morgan fingerprint density at radius 2 is 2.24 bits per heavy atom. The van der Waals surface area contributed by atoms with Gasteiger partial charge in [0.05, 0.1) is 5.02 Å². The van der Waals surface area contributed by atoms with Gasteiger partial charge in [0.1, 0.15) is 5.75 Å². The average molecular weight is 333 g/mol. The third-order valence-corrected chi connectivity index (χ3v) is 3.83. The predicted octanol–water partition coefficient (Wildman–Crippen LogP) is 2.66. The molecule has 0 aromatic heterocycles. The van der Waals surface area contributed by atoms with Crippen molar-refractivity contribution in [2.45, 2.75) is 32.9 Å². The van der Waals surface area contributed by atoms with Crippen LogP contribution in [-0.2, 0) is 4.79 Å². The molecule has 0 saturated carbocycles. The van der Waals surface area contributed by atoms with Gasteiger partial charge in [-0.1, -0.05) is 17.7 Å². The third-order valence-electron chi connectivity index (χ3n) is 3.52. The molecule has 1 aromatic rings.